The molecule has 0 aliphatic carbocycles. The van der Waals surface area contributed by atoms with Gasteiger partial charge in [0.1, 0.15) is 0 Å². The molecule has 1 aromatic rings. The van der Waals surface area contributed by atoms with Crippen molar-refractivity contribution in [2.45, 2.75) is 20.0 Å². The van der Waals surface area contributed by atoms with Gasteiger partial charge in [0.15, 0.2) is 5.75 Å². The first-order valence-corrected chi connectivity index (χ1v) is 4.44. The molecule has 1 aromatic heterocycles. The lowest BCUT2D eigenvalue weighted by Crippen LogP contribution is -2.14. The second kappa shape index (κ2) is 3.76. The van der Waals surface area contributed by atoms with Crippen LogP contribution in [0.1, 0.15) is 13.8 Å². The van der Waals surface area contributed by atoms with E-state index in [9.17, 15) is 4.79 Å². The van der Waals surface area contributed by atoms with Gasteiger partial charge in [-0.1, -0.05) is 0 Å². The smallest absolute Gasteiger partial charge is 0.237 e. The summed E-state index contributed by atoms with van der Waals surface area (Å²) in [5, 5.41) is 0. The average molecular weight is 232 g/mol. The van der Waals surface area contributed by atoms with Gasteiger partial charge in [-0.25, -0.2) is 0 Å². The summed E-state index contributed by atoms with van der Waals surface area (Å²) in [6.07, 6.45) is 3.14. The van der Waals surface area contributed by atoms with Crippen LogP contribution in [0.3, 0.4) is 0 Å². The Labute approximate surface area is 78.9 Å². The Hall–Kier alpha value is -0.770. The summed E-state index contributed by atoms with van der Waals surface area (Å²) in [6, 6.07) is 0. The van der Waals surface area contributed by atoms with Crippen LogP contribution in [0.4, 0.5) is 0 Å². The first kappa shape index (κ1) is 9.32. The molecule has 0 amide bonds. The largest absolute Gasteiger partial charge is 0.485 e. The number of aromatic amines is 1. The van der Waals surface area contributed by atoms with Crippen molar-refractivity contribution in [3.05, 3.63) is 27.1 Å². The molecule has 0 saturated carbocycles. The quantitative estimate of drug-likeness (QED) is 0.846. The van der Waals surface area contributed by atoms with Crippen LogP contribution in [0.25, 0.3) is 0 Å². The molecule has 1 heterocycles. The first-order valence-electron chi connectivity index (χ1n) is 3.64. The summed E-state index contributed by atoms with van der Waals surface area (Å²) in [6.45, 7) is 3.75. The van der Waals surface area contributed by atoms with Gasteiger partial charge in [0.05, 0.1) is 10.6 Å². The van der Waals surface area contributed by atoms with Gasteiger partial charge < -0.3 is 9.72 Å². The Balaban J connectivity index is 3.01. The van der Waals surface area contributed by atoms with E-state index in [-0.39, 0.29) is 11.5 Å². The highest BCUT2D eigenvalue weighted by Crippen LogP contribution is 2.08. The van der Waals surface area contributed by atoms with Crippen LogP contribution in [0.15, 0.2) is 21.7 Å². The highest BCUT2D eigenvalue weighted by molar-refractivity contribution is 9.10. The van der Waals surface area contributed by atoms with Gasteiger partial charge in [-0.05, 0) is 29.8 Å². The van der Waals surface area contributed by atoms with Crippen molar-refractivity contribution in [3.8, 4) is 5.75 Å². The third-order valence-corrected chi connectivity index (χ3v) is 1.82. The molecule has 0 bridgehead atoms. The Morgan fingerprint density at radius 1 is 1.50 bits per heavy atom. The number of ether oxygens (including phenoxy) is 1. The molecule has 0 fully saturated rings. The van der Waals surface area contributed by atoms with E-state index in [0.717, 1.165) is 0 Å². The van der Waals surface area contributed by atoms with Gasteiger partial charge >= 0.3 is 0 Å². The van der Waals surface area contributed by atoms with E-state index >= 15 is 0 Å². The molecule has 1 N–H and O–H groups in total. The zero-order chi connectivity index (χ0) is 9.14. The fourth-order valence-electron chi connectivity index (χ4n) is 0.781. The van der Waals surface area contributed by atoms with Crippen LogP contribution in [0, 0.1) is 0 Å². The fraction of sp³-hybridized carbons (Fsp3) is 0.375. The van der Waals surface area contributed by atoms with Gasteiger partial charge in [0, 0.05) is 12.4 Å². The van der Waals surface area contributed by atoms with Crippen LogP contribution >= 0.6 is 15.9 Å². The van der Waals surface area contributed by atoms with E-state index in [1.54, 1.807) is 12.4 Å². The Morgan fingerprint density at radius 3 is 2.75 bits per heavy atom. The normalized spacial score (nSPS) is 10.3. The number of nitrogens with one attached hydrogen (secondary N) is 1. The van der Waals surface area contributed by atoms with Crippen molar-refractivity contribution in [2.24, 2.45) is 0 Å². The average Bonchev–Trinajstić information content (AvgIpc) is 1.98. The molecule has 0 aliphatic heterocycles. The summed E-state index contributed by atoms with van der Waals surface area (Å²) >= 11 is 3.11. The van der Waals surface area contributed by atoms with Crippen LogP contribution in [-0.4, -0.2) is 11.1 Å². The number of halogens is 1. The molecular weight excluding hydrogens is 222 g/mol. The molecule has 0 spiro atoms. The molecule has 0 unspecified atom stereocenters. The number of hydrogen-bond acceptors (Lipinski definition) is 2. The lowest BCUT2D eigenvalue weighted by atomic mass is 10.4. The third kappa shape index (κ3) is 2.11. The second-order valence-electron chi connectivity index (χ2n) is 2.66. The van der Waals surface area contributed by atoms with Crippen LogP contribution in [0.5, 0.6) is 5.75 Å². The highest BCUT2D eigenvalue weighted by atomic mass is 79.9. The van der Waals surface area contributed by atoms with Crippen molar-refractivity contribution in [2.75, 3.05) is 0 Å². The van der Waals surface area contributed by atoms with Gasteiger partial charge in [-0.2, -0.15) is 0 Å². The van der Waals surface area contributed by atoms with Crippen LogP contribution in [0.2, 0.25) is 0 Å². The molecule has 4 heteroatoms. The maximum absolute atomic E-state index is 11.3. The van der Waals surface area contributed by atoms with Crippen LogP contribution < -0.4 is 10.2 Å². The topological polar surface area (TPSA) is 42.1 Å². The van der Waals surface area contributed by atoms with Gasteiger partial charge in [-0.15, -0.1) is 0 Å². The van der Waals surface area contributed by atoms with Gasteiger partial charge in [-0.3, -0.25) is 4.79 Å². The van der Waals surface area contributed by atoms with E-state index in [0.29, 0.717) is 10.2 Å². The van der Waals surface area contributed by atoms with E-state index in [2.05, 4.69) is 20.9 Å². The Morgan fingerprint density at radius 2 is 2.17 bits per heavy atom. The van der Waals surface area contributed by atoms with Gasteiger partial charge in [0.25, 0.3) is 0 Å². The Kier molecular flexibility index (Phi) is 2.92. The summed E-state index contributed by atoms with van der Waals surface area (Å²) in [5.74, 6) is 0.347. The maximum Gasteiger partial charge on any atom is 0.237 e. The highest BCUT2D eigenvalue weighted by Gasteiger charge is 2.04. The number of aromatic nitrogens is 1. The summed E-state index contributed by atoms with van der Waals surface area (Å²) < 4.78 is 5.74. The molecule has 12 heavy (non-hydrogen) atoms. The van der Waals surface area contributed by atoms with E-state index in [1.165, 1.54) is 0 Å². The predicted octanol–water partition coefficient (Wildman–Crippen LogP) is 1.92. The van der Waals surface area contributed by atoms with Crippen LogP contribution in [-0.2, 0) is 0 Å². The molecule has 66 valence electrons. The minimum atomic E-state index is -0.123. The lowest BCUT2D eigenvalue weighted by Gasteiger charge is -2.07. The molecule has 1 rings (SSSR count). The third-order valence-electron chi connectivity index (χ3n) is 1.23. The molecule has 3 nitrogen and oxygen atoms in total. The predicted molar refractivity (Wildman–Crippen MR) is 50.5 cm³/mol. The molecule has 0 radical (unpaired) electrons. The van der Waals surface area contributed by atoms with E-state index in [4.69, 9.17) is 4.74 Å². The number of H-pyrrole nitrogens is 1. The monoisotopic (exact) mass is 231 g/mol. The van der Waals surface area contributed by atoms with E-state index in [1.807, 2.05) is 13.8 Å². The minimum Gasteiger partial charge on any atom is -0.485 e. The zero-order valence-corrected chi connectivity index (χ0v) is 8.51. The SMILES string of the molecule is CC(C)Oc1c[nH]cc(Br)c1=O. The van der Waals surface area contributed by atoms with E-state index < -0.39 is 0 Å². The molecule has 0 aliphatic rings. The zero-order valence-electron chi connectivity index (χ0n) is 6.93. The van der Waals surface area contributed by atoms with Crippen molar-refractivity contribution < 1.29 is 4.74 Å². The summed E-state index contributed by atoms with van der Waals surface area (Å²) in [7, 11) is 0. The number of pyridine rings is 1. The molecule has 0 saturated heterocycles. The first-order chi connectivity index (χ1) is 5.61. The minimum absolute atomic E-state index is 0.0143. The standard InChI is InChI=1S/C8H10BrNO2/c1-5(2)12-7-4-10-3-6(9)8(7)11/h3-5H,1-2H3,(H,10,11). The number of hydrogen-bond donors (Lipinski definition) is 1. The fourth-order valence-corrected chi connectivity index (χ4v) is 1.11. The Bertz CT molecular complexity index is 319. The molecule has 0 atom stereocenters. The summed E-state index contributed by atoms with van der Waals surface area (Å²) in [5.41, 5.74) is -0.123. The second-order valence-corrected chi connectivity index (χ2v) is 3.52. The van der Waals surface area contributed by atoms with Crippen molar-refractivity contribution >= 4 is 15.9 Å². The molecular formula is C8H10BrNO2. The van der Waals surface area contributed by atoms with Crippen molar-refractivity contribution in [1.82, 2.24) is 4.98 Å². The molecule has 0 aromatic carbocycles. The van der Waals surface area contributed by atoms with Crippen molar-refractivity contribution in [3.63, 3.8) is 0 Å². The van der Waals surface area contributed by atoms with Gasteiger partial charge in [0.2, 0.25) is 5.43 Å². The van der Waals surface area contributed by atoms with Crippen molar-refractivity contribution in [1.29, 1.82) is 0 Å². The maximum atomic E-state index is 11.3. The summed E-state index contributed by atoms with van der Waals surface area (Å²) in [4.78, 5) is 14.1. The lowest BCUT2D eigenvalue weighted by molar-refractivity contribution is 0.239. The number of rotatable bonds is 2.